The Morgan fingerprint density at radius 2 is 1.81 bits per heavy atom. The van der Waals surface area contributed by atoms with E-state index >= 15 is 0 Å². The number of aryl methyl sites for hydroxylation is 1. The molecular formula is C20H28N2O4S. The molecule has 0 aliphatic heterocycles. The van der Waals surface area contributed by atoms with Gasteiger partial charge in [-0.1, -0.05) is 0 Å². The van der Waals surface area contributed by atoms with Crippen molar-refractivity contribution in [2.75, 3.05) is 42.0 Å². The summed E-state index contributed by atoms with van der Waals surface area (Å²) in [7, 11) is 8.77. The normalized spacial score (nSPS) is 11.9. The summed E-state index contributed by atoms with van der Waals surface area (Å²) in [5, 5.41) is 7.21. The molecule has 7 heteroatoms. The van der Waals surface area contributed by atoms with Crippen LogP contribution in [0.4, 0.5) is 0 Å². The number of amides is 1. The number of thiophene rings is 1. The standard InChI is InChI=1S/C20H28N2O4S/c1-22(2)16(15-8-9-27-13-15)12-21-19(23)7-6-14-10-17(24-3)20(26-5)18(11-14)25-4/h8-11,13,16H,6-7,12H2,1-5H3,(H,21,23)/t16-/m0/s1. The fraction of sp³-hybridized carbons (Fsp3) is 0.450. The van der Waals surface area contributed by atoms with Crippen LogP contribution in [0.1, 0.15) is 23.6 Å². The van der Waals surface area contributed by atoms with E-state index in [2.05, 4.69) is 27.0 Å². The third-order valence-corrected chi connectivity index (χ3v) is 5.11. The van der Waals surface area contributed by atoms with Gasteiger partial charge in [-0.2, -0.15) is 11.3 Å². The minimum atomic E-state index is 0.0193. The van der Waals surface area contributed by atoms with Crippen molar-refractivity contribution in [3.05, 3.63) is 40.1 Å². The number of likely N-dealkylation sites (N-methyl/N-ethyl adjacent to an activating group) is 1. The maximum absolute atomic E-state index is 12.3. The van der Waals surface area contributed by atoms with Crippen molar-refractivity contribution in [3.63, 3.8) is 0 Å². The zero-order valence-electron chi connectivity index (χ0n) is 16.6. The summed E-state index contributed by atoms with van der Waals surface area (Å²) in [5.41, 5.74) is 2.18. The molecule has 0 saturated carbocycles. The fourth-order valence-electron chi connectivity index (χ4n) is 2.90. The third-order valence-electron chi connectivity index (χ3n) is 4.41. The molecular weight excluding hydrogens is 364 g/mol. The van der Waals surface area contributed by atoms with Crippen LogP contribution in [0.5, 0.6) is 17.2 Å². The fourth-order valence-corrected chi connectivity index (χ4v) is 3.61. The number of carbonyl (C=O) groups excluding carboxylic acids is 1. The van der Waals surface area contributed by atoms with Gasteiger partial charge in [-0.05, 0) is 60.6 Å². The number of hydrogen-bond donors (Lipinski definition) is 1. The van der Waals surface area contributed by atoms with Crippen LogP contribution >= 0.6 is 11.3 Å². The first kappa shape index (κ1) is 21.1. The summed E-state index contributed by atoms with van der Waals surface area (Å²) in [6.07, 6.45) is 0.982. The lowest BCUT2D eigenvalue weighted by Gasteiger charge is -2.24. The van der Waals surface area contributed by atoms with Crippen molar-refractivity contribution in [2.45, 2.75) is 18.9 Å². The quantitative estimate of drug-likeness (QED) is 0.673. The molecule has 6 nitrogen and oxygen atoms in total. The van der Waals surface area contributed by atoms with Crippen molar-refractivity contribution in [3.8, 4) is 17.2 Å². The van der Waals surface area contributed by atoms with Gasteiger partial charge >= 0.3 is 0 Å². The van der Waals surface area contributed by atoms with Crippen LogP contribution in [-0.2, 0) is 11.2 Å². The van der Waals surface area contributed by atoms with E-state index in [0.29, 0.717) is 36.6 Å². The van der Waals surface area contributed by atoms with Crippen LogP contribution < -0.4 is 19.5 Å². The molecule has 0 fully saturated rings. The van der Waals surface area contributed by atoms with Gasteiger partial charge in [0, 0.05) is 13.0 Å². The van der Waals surface area contributed by atoms with Crippen LogP contribution in [0.2, 0.25) is 0 Å². The van der Waals surface area contributed by atoms with Crippen LogP contribution in [-0.4, -0.2) is 52.8 Å². The zero-order valence-corrected chi connectivity index (χ0v) is 17.4. The minimum absolute atomic E-state index is 0.0193. The molecule has 1 aromatic carbocycles. The summed E-state index contributed by atoms with van der Waals surface area (Å²) in [5.74, 6) is 1.76. The van der Waals surface area contributed by atoms with E-state index in [1.807, 2.05) is 26.2 Å². The van der Waals surface area contributed by atoms with Gasteiger partial charge in [0.1, 0.15) is 0 Å². The molecule has 2 aromatic rings. The van der Waals surface area contributed by atoms with Gasteiger partial charge in [-0.25, -0.2) is 0 Å². The number of methoxy groups -OCH3 is 3. The van der Waals surface area contributed by atoms with Crippen LogP contribution in [0.3, 0.4) is 0 Å². The van der Waals surface area contributed by atoms with Gasteiger partial charge < -0.3 is 24.4 Å². The third kappa shape index (κ3) is 5.61. The predicted molar refractivity (Wildman–Crippen MR) is 108 cm³/mol. The molecule has 148 valence electrons. The number of hydrogen-bond acceptors (Lipinski definition) is 6. The molecule has 0 unspecified atom stereocenters. The lowest BCUT2D eigenvalue weighted by molar-refractivity contribution is -0.121. The van der Waals surface area contributed by atoms with Gasteiger partial charge in [0.2, 0.25) is 11.7 Å². The molecule has 0 aliphatic rings. The Labute approximate surface area is 165 Å². The molecule has 0 spiro atoms. The number of nitrogens with one attached hydrogen (secondary N) is 1. The molecule has 2 rings (SSSR count). The van der Waals surface area contributed by atoms with E-state index in [1.165, 1.54) is 5.56 Å². The van der Waals surface area contributed by atoms with Gasteiger partial charge in [-0.15, -0.1) is 0 Å². The Hall–Kier alpha value is -2.25. The monoisotopic (exact) mass is 392 g/mol. The topological polar surface area (TPSA) is 60.0 Å². The summed E-state index contributed by atoms with van der Waals surface area (Å²) in [6.45, 7) is 0.581. The summed E-state index contributed by atoms with van der Waals surface area (Å²) < 4.78 is 16.1. The smallest absolute Gasteiger partial charge is 0.220 e. The second-order valence-electron chi connectivity index (χ2n) is 6.37. The molecule has 1 amide bonds. The molecule has 27 heavy (non-hydrogen) atoms. The first-order valence-electron chi connectivity index (χ1n) is 8.74. The molecule has 1 atom stereocenters. The van der Waals surface area contributed by atoms with Crippen LogP contribution in [0, 0.1) is 0 Å². The van der Waals surface area contributed by atoms with Gasteiger partial charge in [-0.3, -0.25) is 4.79 Å². The maximum Gasteiger partial charge on any atom is 0.220 e. The van der Waals surface area contributed by atoms with E-state index in [1.54, 1.807) is 32.7 Å². The van der Waals surface area contributed by atoms with Crippen molar-refractivity contribution in [1.29, 1.82) is 0 Å². The summed E-state index contributed by atoms with van der Waals surface area (Å²) in [4.78, 5) is 14.4. The van der Waals surface area contributed by atoms with Gasteiger partial charge in [0.05, 0.1) is 27.4 Å². The van der Waals surface area contributed by atoms with Crippen molar-refractivity contribution in [2.24, 2.45) is 0 Å². The first-order valence-corrected chi connectivity index (χ1v) is 9.68. The molecule has 1 heterocycles. The van der Waals surface area contributed by atoms with Crippen molar-refractivity contribution in [1.82, 2.24) is 10.2 Å². The largest absolute Gasteiger partial charge is 0.493 e. The minimum Gasteiger partial charge on any atom is -0.493 e. The molecule has 0 bridgehead atoms. The Morgan fingerprint density at radius 3 is 2.30 bits per heavy atom. The Balaban J connectivity index is 1.95. The van der Waals surface area contributed by atoms with Crippen LogP contribution in [0.25, 0.3) is 0 Å². The molecule has 1 aromatic heterocycles. The van der Waals surface area contributed by atoms with E-state index < -0.39 is 0 Å². The highest BCUT2D eigenvalue weighted by molar-refractivity contribution is 7.07. The highest BCUT2D eigenvalue weighted by Crippen LogP contribution is 2.38. The molecule has 0 radical (unpaired) electrons. The Morgan fingerprint density at radius 1 is 1.15 bits per heavy atom. The lowest BCUT2D eigenvalue weighted by Crippen LogP contribution is -2.34. The Kier molecular flexibility index (Phi) is 7.94. The summed E-state index contributed by atoms with van der Waals surface area (Å²) >= 11 is 1.66. The summed E-state index contributed by atoms with van der Waals surface area (Å²) in [6, 6.07) is 6.02. The highest BCUT2D eigenvalue weighted by atomic mass is 32.1. The number of ether oxygens (including phenoxy) is 3. The van der Waals surface area contributed by atoms with Gasteiger partial charge in [0.25, 0.3) is 0 Å². The Bertz CT molecular complexity index is 707. The number of nitrogens with zero attached hydrogens (tertiary/aromatic N) is 1. The number of carbonyl (C=O) groups is 1. The lowest BCUT2D eigenvalue weighted by atomic mass is 10.1. The van der Waals surface area contributed by atoms with Crippen LogP contribution in [0.15, 0.2) is 29.0 Å². The second-order valence-corrected chi connectivity index (χ2v) is 7.15. The average molecular weight is 393 g/mol. The first-order chi connectivity index (χ1) is 13.0. The van der Waals surface area contributed by atoms with Crippen molar-refractivity contribution < 1.29 is 19.0 Å². The van der Waals surface area contributed by atoms with E-state index in [9.17, 15) is 4.79 Å². The SMILES string of the molecule is COc1cc(CCC(=O)NC[C@@H](c2ccsc2)N(C)C)cc(OC)c1OC. The van der Waals surface area contributed by atoms with E-state index in [4.69, 9.17) is 14.2 Å². The number of benzene rings is 1. The average Bonchev–Trinajstić information content (AvgIpc) is 3.19. The van der Waals surface area contributed by atoms with E-state index in [0.717, 1.165) is 5.56 Å². The van der Waals surface area contributed by atoms with Gasteiger partial charge in [0.15, 0.2) is 11.5 Å². The second kappa shape index (κ2) is 10.2. The predicted octanol–water partition coefficient (Wildman–Crippen LogP) is 3.13. The highest BCUT2D eigenvalue weighted by Gasteiger charge is 2.17. The number of rotatable bonds is 10. The molecule has 0 aliphatic carbocycles. The zero-order chi connectivity index (χ0) is 19.8. The molecule has 1 N–H and O–H groups in total. The maximum atomic E-state index is 12.3. The van der Waals surface area contributed by atoms with Crippen molar-refractivity contribution >= 4 is 17.2 Å². The molecule has 0 saturated heterocycles. The van der Waals surface area contributed by atoms with E-state index in [-0.39, 0.29) is 11.9 Å².